The van der Waals surface area contributed by atoms with Gasteiger partial charge in [0.25, 0.3) is 0 Å². The lowest BCUT2D eigenvalue weighted by molar-refractivity contribution is -0.119. The number of aliphatic hydroxyl groups is 1. The molecule has 0 spiro atoms. The van der Waals surface area contributed by atoms with Crippen molar-refractivity contribution in [2.45, 2.75) is 59.0 Å². The third-order valence-corrected chi connectivity index (χ3v) is 6.25. The molecule has 1 aliphatic rings. The first kappa shape index (κ1) is 19.4. The lowest BCUT2D eigenvalue weighted by Gasteiger charge is -2.47. The molecule has 0 unspecified atom stereocenters. The minimum absolute atomic E-state index is 0.155. The first-order valence-electron chi connectivity index (χ1n) is 10.3. The molecule has 142 valence electrons. The van der Waals surface area contributed by atoms with Gasteiger partial charge in [-0.15, -0.1) is 0 Å². The fourth-order valence-corrected chi connectivity index (χ4v) is 4.68. The third-order valence-electron chi connectivity index (χ3n) is 6.25. The van der Waals surface area contributed by atoms with E-state index in [4.69, 9.17) is 4.74 Å². The molecule has 2 nitrogen and oxygen atoms in total. The van der Waals surface area contributed by atoms with Crippen LogP contribution in [0.3, 0.4) is 0 Å². The van der Waals surface area contributed by atoms with Gasteiger partial charge in [0.15, 0.2) is 0 Å². The lowest BCUT2D eigenvalue weighted by atomic mass is 9.64. The predicted molar refractivity (Wildman–Crippen MR) is 109 cm³/mol. The highest BCUT2D eigenvalue weighted by Crippen LogP contribution is 2.45. The molecule has 3 rings (SSSR count). The molecule has 1 aliphatic carbocycles. The number of hydrogen-bond donors (Lipinski definition) is 1. The van der Waals surface area contributed by atoms with Gasteiger partial charge in [-0.05, 0) is 59.8 Å². The van der Waals surface area contributed by atoms with Crippen LogP contribution in [0.5, 0.6) is 0 Å². The van der Waals surface area contributed by atoms with E-state index in [1.807, 2.05) is 0 Å². The van der Waals surface area contributed by atoms with Crippen molar-refractivity contribution in [2.75, 3.05) is 13.2 Å². The van der Waals surface area contributed by atoms with Crippen LogP contribution in [0, 0.1) is 17.3 Å². The van der Waals surface area contributed by atoms with E-state index in [2.05, 4.69) is 63.2 Å². The fourth-order valence-electron chi connectivity index (χ4n) is 4.68. The van der Waals surface area contributed by atoms with Gasteiger partial charge in [-0.3, -0.25) is 0 Å². The standard InChI is InChI=1S/C24H34O2/c1-4-15-26-23-22(17-25)20(13-14-24(23,2)3)12-10-18-9-11-19-7-5-6-8-21(19)16-18/h5-9,11,16,20,22-23,25H,4,10,12-15,17H2,1-3H3/t20-,22+,23-/m1/s1. The van der Waals surface area contributed by atoms with E-state index in [9.17, 15) is 5.11 Å². The summed E-state index contributed by atoms with van der Waals surface area (Å²) in [7, 11) is 0. The topological polar surface area (TPSA) is 29.5 Å². The Morgan fingerprint density at radius 1 is 1.12 bits per heavy atom. The highest BCUT2D eigenvalue weighted by Gasteiger charge is 2.44. The zero-order valence-corrected chi connectivity index (χ0v) is 16.6. The molecule has 1 saturated carbocycles. The van der Waals surface area contributed by atoms with Gasteiger partial charge in [0.2, 0.25) is 0 Å². The van der Waals surface area contributed by atoms with E-state index < -0.39 is 0 Å². The smallest absolute Gasteiger partial charge is 0.0678 e. The van der Waals surface area contributed by atoms with Gasteiger partial charge < -0.3 is 9.84 Å². The summed E-state index contributed by atoms with van der Waals surface area (Å²) in [5.41, 5.74) is 1.55. The van der Waals surface area contributed by atoms with Crippen molar-refractivity contribution in [3.8, 4) is 0 Å². The van der Waals surface area contributed by atoms with Crippen molar-refractivity contribution in [1.82, 2.24) is 0 Å². The number of aliphatic hydroxyl groups excluding tert-OH is 1. The van der Waals surface area contributed by atoms with Crippen LogP contribution in [0.4, 0.5) is 0 Å². The van der Waals surface area contributed by atoms with Gasteiger partial charge >= 0.3 is 0 Å². The second-order valence-electron chi connectivity index (χ2n) is 8.65. The second kappa shape index (κ2) is 8.54. The lowest BCUT2D eigenvalue weighted by Crippen LogP contribution is -2.47. The zero-order chi connectivity index (χ0) is 18.6. The van der Waals surface area contributed by atoms with Crippen LogP contribution in [0.25, 0.3) is 10.8 Å². The summed E-state index contributed by atoms with van der Waals surface area (Å²) in [6.07, 6.45) is 5.78. The molecule has 0 bridgehead atoms. The molecular formula is C24H34O2. The van der Waals surface area contributed by atoms with Crippen molar-refractivity contribution in [3.63, 3.8) is 0 Å². The molecule has 2 heteroatoms. The summed E-state index contributed by atoms with van der Waals surface area (Å²) >= 11 is 0. The Bertz CT molecular complexity index is 706. The molecule has 1 N–H and O–H groups in total. The number of hydrogen-bond acceptors (Lipinski definition) is 2. The number of aryl methyl sites for hydroxylation is 1. The number of benzene rings is 2. The Morgan fingerprint density at radius 2 is 1.88 bits per heavy atom. The summed E-state index contributed by atoms with van der Waals surface area (Å²) in [4.78, 5) is 0. The van der Waals surface area contributed by atoms with E-state index >= 15 is 0 Å². The molecule has 2 aromatic carbocycles. The summed E-state index contributed by atoms with van der Waals surface area (Å²) in [6.45, 7) is 7.79. The van der Waals surface area contributed by atoms with Crippen molar-refractivity contribution >= 4 is 10.8 Å². The largest absolute Gasteiger partial charge is 0.396 e. The van der Waals surface area contributed by atoms with Gasteiger partial charge in [-0.25, -0.2) is 0 Å². The first-order chi connectivity index (χ1) is 12.5. The van der Waals surface area contributed by atoms with Crippen LogP contribution in [0.1, 0.15) is 52.0 Å². The van der Waals surface area contributed by atoms with E-state index in [1.165, 1.54) is 29.2 Å². The van der Waals surface area contributed by atoms with E-state index in [0.717, 1.165) is 25.9 Å². The van der Waals surface area contributed by atoms with Gasteiger partial charge in [-0.2, -0.15) is 0 Å². The molecule has 1 fully saturated rings. The van der Waals surface area contributed by atoms with Gasteiger partial charge in [0.1, 0.15) is 0 Å². The van der Waals surface area contributed by atoms with E-state index in [1.54, 1.807) is 0 Å². The van der Waals surface area contributed by atoms with Gasteiger partial charge in [0.05, 0.1) is 6.10 Å². The Morgan fingerprint density at radius 3 is 2.62 bits per heavy atom. The number of rotatable bonds is 7. The number of fused-ring (bicyclic) bond motifs is 1. The minimum Gasteiger partial charge on any atom is -0.396 e. The molecule has 0 radical (unpaired) electrons. The monoisotopic (exact) mass is 354 g/mol. The fraction of sp³-hybridized carbons (Fsp3) is 0.583. The summed E-state index contributed by atoms with van der Waals surface area (Å²) < 4.78 is 6.23. The Labute approximate surface area is 158 Å². The van der Waals surface area contributed by atoms with Crippen LogP contribution < -0.4 is 0 Å². The molecular weight excluding hydrogens is 320 g/mol. The highest BCUT2D eigenvalue weighted by atomic mass is 16.5. The molecule has 0 aliphatic heterocycles. The minimum atomic E-state index is 0.155. The summed E-state index contributed by atoms with van der Waals surface area (Å²) in [6, 6.07) is 15.4. The van der Waals surface area contributed by atoms with Crippen LogP contribution >= 0.6 is 0 Å². The molecule has 0 heterocycles. The maximum absolute atomic E-state index is 10.1. The van der Waals surface area contributed by atoms with Gasteiger partial charge in [-0.1, -0.05) is 63.2 Å². The quantitative estimate of drug-likeness (QED) is 0.700. The molecule has 2 aromatic rings. The van der Waals surface area contributed by atoms with Crippen molar-refractivity contribution < 1.29 is 9.84 Å². The molecule has 0 saturated heterocycles. The van der Waals surface area contributed by atoms with Crippen LogP contribution in [-0.2, 0) is 11.2 Å². The molecule has 26 heavy (non-hydrogen) atoms. The van der Waals surface area contributed by atoms with Gasteiger partial charge in [0, 0.05) is 19.1 Å². The average molecular weight is 355 g/mol. The molecule has 0 aromatic heterocycles. The van der Waals surface area contributed by atoms with Crippen molar-refractivity contribution in [3.05, 3.63) is 48.0 Å². The van der Waals surface area contributed by atoms with Crippen LogP contribution in [0.2, 0.25) is 0 Å². The van der Waals surface area contributed by atoms with E-state index in [0.29, 0.717) is 5.92 Å². The summed E-state index contributed by atoms with van der Waals surface area (Å²) in [5.74, 6) is 0.798. The highest BCUT2D eigenvalue weighted by molar-refractivity contribution is 5.82. The maximum Gasteiger partial charge on any atom is 0.0678 e. The second-order valence-corrected chi connectivity index (χ2v) is 8.65. The van der Waals surface area contributed by atoms with Crippen LogP contribution in [0.15, 0.2) is 42.5 Å². The first-order valence-corrected chi connectivity index (χ1v) is 10.3. The molecule has 0 amide bonds. The predicted octanol–water partition coefficient (Wildman–Crippen LogP) is 5.61. The third kappa shape index (κ3) is 4.29. The molecule has 3 atom stereocenters. The van der Waals surface area contributed by atoms with E-state index in [-0.39, 0.29) is 24.0 Å². The zero-order valence-electron chi connectivity index (χ0n) is 16.6. The number of ether oxygens (including phenoxy) is 1. The Balaban J connectivity index is 1.69. The normalized spacial score (nSPS) is 25.5. The van der Waals surface area contributed by atoms with Crippen molar-refractivity contribution in [1.29, 1.82) is 0 Å². The maximum atomic E-state index is 10.1. The Kier molecular flexibility index (Phi) is 6.37. The average Bonchev–Trinajstić information content (AvgIpc) is 2.65. The van der Waals surface area contributed by atoms with Crippen molar-refractivity contribution in [2.24, 2.45) is 17.3 Å². The summed E-state index contributed by atoms with van der Waals surface area (Å²) in [5, 5.41) is 12.7. The Hall–Kier alpha value is -1.38. The SMILES string of the molecule is CCCO[C@@H]1[C@@H](CO)[C@H](CCc2ccc3ccccc3c2)CCC1(C)C. The van der Waals surface area contributed by atoms with Crippen LogP contribution in [-0.4, -0.2) is 24.4 Å².